The highest BCUT2D eigenvalue weighted by atomic mass is 16.5. The van der Waals surface area contributed by atoms with Crippen molar-refractivity contribution in [3.8, 4) is 5.75 Å². The molecule has 0 spiro atoms. The lowest BCUT2D eigenvalue weighted by molar-refractivity contribution is 0.234. The molecule has 2 N–H and O–H groups in total. The molecular weight excluding hydrogens is 366 g/mol. The number of amides is 2. The predicted octanol–water partition coefficient (Wildman–Crippen LogP) is 2.83. The number of carbonyl (C=O) groups excluding carboxylic acids is 1. The van der Waals surface area contributed by atoms with Crippen LogP contribution in [0.1, 0.15) is 42.5 Å². The largest absolute Gasteiger partial charge is 0.497 e. The van der Waals surface area contributed by atoms with Gasteiger partial charge in [-0.15, -0.1) is 5.10 Å². The number of hydrogen-bond donors (Lipinski definition) is 2. The second-order valence-electron chi connectivity index (χ2n) is 7.82. The molecular formula is C22H29N5O2. The quantitative estimate of drug-likeness (QED) is 0.814. The molecule has 1 fully saturated rings. The Bertz CT molecular complexity index is 849. The van der Waals surface area contributed by atoms with Crippen LogP contribution in [0.25, 0.3) is 0 Å². The highest BCUT2D eigenvalue weighted by molar-refractivity contribution is 5.74. The van der Waals surface area contributed by atoms with Crippen molar-refractivity contribution in [1.29, 1.82) is 0 Å². The highest BCUT2D eigenvalue weighted by Crippen LogP contribution is 2.24. The molecule has 1 saturated heterocycles. The fourth-order valence-corrected chi connectivity index (χ4v) is 4.09. The van der Waals surface area contributed by atoms with E-state index >= 15 is 0 Å². The van der Waals surface area contributed by atoms with Gasteiger partial charge in [0.05, 0.1) is 12.8 Å². The Morgan fingerprint density at radius 2 is 2.00 bits per heavy atom. The maximum absolute atomic E-state index is 12.3. The van der Waals surface area contributed by atoms with Crippen molar-refractivity contribution in [3.05, 3.63) is 47.2 Å². The molecule has 1 aliphatic carbocycles. The lowest BCUT2D eigenvalue weighted by Gasteiger charge is -2.33. The molecule has 4 rings (SSSR count). The lowest BCUT2D eigenvalue weighted by atomic mass is 9.96. The summed E-state index contributed by atoms with van der Waals surface area (Å²) in [5, 5.41) is 14.9. The van der Waals surface area contributed by atoms with Gasteiger partial charge in [-0.05, 0) is 67.9 Å². The second kappa shape index (κ2) is 9.11. The fourth-order valence-electron chi connectivity index (χ4n) is 4.09. The van der Waals surface area contributed by atoms with Gasteiger partial charge in [-0.3, -0.25) is 0 Å². The van der Waals surface area contributed by atoms with Gasteiger partial charge in [-0.1, -0.05) is 12.1 Å². The van der Waals surface area contributed by atoms with Crippen LogP contribution in [0.15, 0.2) is 30.3 Å². The van der Waals surface area contributed by atoms with Gasteiger partial charge in [0, 0.05) is 25.7 Å². The van der Waals surface area contributed by atoms with E-state index in [0.717, 1.165) is 55.9 Å². The Kier molecular flexibility index (Phi) is 6.12. The van der Waals surface area contributed by atoms with Crippen LogP contribution in [-0.4, -0.2) is 42.5 Å². The monoisotopic (exact) mass is 395 g/mol. The number of aryl methyl sites for hydroxylation is 2. The number of urea groups is 1. The molecule has 1 aromatic carbocycles. The maximum Gasteiger partial charge on any atom is 0.315 e. The first-order valence-corrected chi connectivity index (χ1v) is 10.5. The van der Waals surface area contributed by atoms with E-state index in [1.54, 1.807) is 7.11 Å². The Morgan fingerprint density at radius 1 is 1.17 bits per heavy atom. The number of fused-ring (bicyclic) bond motifs is 1. The minimum Gasteiger partial charge on any atom is -0.497 e. The van der Waals surface area contributed by atoms with Gasteiger partial charge in [0.15, 0.2) is 5.82 Å². The van der Waals surface area contributed by atoms with Gasteiger partial charge in [0.2, 0.25) is 0 Å². The number of carbonyl (C=O) groups is 1. The number of rotatable bonds is 5. The summed E-state index contributed by atoms with van der Waals surface area (Å²) in [5.41, 5.74) is 3.54. The number of aromatic nitrogens is 2. The van der Waals surface area contributed by atoms with Gasteiger partial charge in [-0.25, -0.2) is 4.79 Å². The van der Waals surface area contributed by atoms with E-state index in [1.807, 2.05) is 24.3 Å². The molecule has 0 atom stereocenters. The lowest BCUT2D eigenvalue weighted by Crippen LogP contribution is -2.48. The second-order valence-corrected chi connectivity index (χ2v) is 7.82. The molecule has 2 aromatic rings. The zero-order valence-corrected chi connectivity index (χ0v) is 17.0. The molecule has 0 radical (unpaired) electrons. The summed E-state index contributed by atoms with van der Waals surface area (Å²) in [6, 6.07) is 9.99. The summed E-state index contributed by atoms with van der Waals surface area (Å²) in [6.07, 6.45) is 6.45. The van der Waals surface area contributed by atoms with E-state index in [4.69, 9.17) is 4.74 Å². The number of hydrogen-bond acceptors (Lipinski definition) is 5. The van der Waals surface area contributed by atoms with E-state index < -0.39 is 0 Å². The molecule has 2 amide bonds. The van der Waals surface area contributed by atoms with Crippen molar-refractivity contribution in [1.82, 2.24) is 20.8 Å². The molecule has 1 aromatic heterocycles. The third kappa shape index (κ3) is 4.96. The van der Waals surface area contributed by atoms with Crippen LogP contribution < -0.4 is 20.3 Å². The number of benzene rings is 1. The van der Waals surface area contributed by atoms with E-state index in [-0.39, 0.29) is 12.1 Å². The number of piperidine rings is 1. The van der Waals surface area contributed by atoms with Crippen molar-refractivity contribution in [2.75, 3.05) is 25.1 Å². The van der Waals surface area contributed by atoms with E-state index in [2.05, 4.69) is 31.8 Å². The molecule has 29 heavy (non-hydrogen) atoms. The third-order valence-corrected chi connectivity index (χ3v) is 5.80. The minimum atomic E-state index is -0.125. The van der Waals surface area contributed by atoms with Crippen molar-refractivity contribution in [2.24, 2.45) is 0 Å². The summed E-state index contributed by atoms with van der Waals surface area (Å²) in [7, 11) is 1.64. The number of nitrogens with zero attached hydrogens (tertiary/aromatic N) is 3. The predicted molar refractivity (Wildman–Crippen MR) is 112 cm³/mol. The maximum atomic E-state index is 12.3. The molecule has 7 heteroatoms. The van der Waals surface area contributed by atoms with Gasteiger partial charge in [0.25, 0.3) is 0 Å². The Hall–Kier alpha value is -2.83. The molecule has 2 heterocycles. The SMILES string of the molecule is COc1cccc(CNC(=O)NC2CCN(c3cc4c(nn3)CCCC4)CC2)c1. The van der Waals surface area contributed by atoms with Crippen molar-refractivity contribution in [3.63, 3.8) is 0 Å². The van der Waals surface area contributed by atoms with Gasteiger partial charge in [-0.2, -0.15) is 5.10 Å². The number of nitrogens with one attached hydrogen (secondary N) is 2. The van der Waals surface area contributed by atoms with Crippen LogP contribution in [0, 0.1) is 0 Å². The van der Waals surface area contributed by atoms with Crippen molar-refractivity contribution < 1.29 is 9.53 Å². The Balaban J connectivity index is 1.24. The minimum absolute atomic E-state index is 0.125. The smallest absolute Gasteiger partial charge is 0.315 e. The van der Waals surface area contributed by atoms with E-state index in [0.29, 0.717) is 6.54 Å². The van der Waals surface area contributed by atoms with Crippen molar-refractivity contribution in [2.45, 2.75) is 51.1 Å². The zero-order chi connectivity index (χ0) is 20.1. The zero-order valence-electron chi connectivity index (χ0n) is 17.0. The molecule has 1 aliphatic heterocycles. The summed E-state index contributed by atoms with van der Waals surface area (Å²) < 4.78 is 5.22. The van der Waals surface area contributed by atoms with Crippen LogP contribution in [-0.2, 0) is 19.4 Å². The first-order valence-electron chi connectivity index (χ1n) is 10.5. The Labute approximate surface area is 171 Å². The molecule has 154 valence electrons. The molecule has 0 bridgehead atoms. The summed E-state index contributed by atoms with van der Waals surface area (Å²) >= 11 is 0. The normalized spacial score (nSPS) is 16.8. The molecule has 0 unspecified atom stereocenters. The van der Waals surface area contributed by atoms with Crippen LogP contribution in [0.2, 0.25) is 0 Å². The first-order chi connectivity index (χ1) is 14.2. The van der Waals surface area contributed by atoms with Crippen LogP contribution in [0.5, 0.6) is 5.75 Å². The first kappa shape index (κ1) is 19.5. The summed E-state index contributed by atoms with van der Waals surface area (Å²) in [6.45, 7) is 2.25. The van der Waals surface area contributed by atoms with Crippen LogP contribution in [0.3, 0.4) is 0 Å². The molecule has 2 aliphatic rings. The Morgan fingerprint density at radius 3 is 2.83 bits per heavy atom. The number of methoxy groups -OCH3 is 1. The summed E-state index contributed by atoms with van der Waals surface area (Å²) in [5.74, 6) is 1.77. The van der Waals surface area contributed by atoms with Crippen LogP contribution in [0.4, 0.5) is 10.6 Å². The molecule has 7 nitrogen and oxygen atoms in total. The number of anilines is 1. The summed E-state index contributed by atoms with van der Waals surface area (Å²) in [4.78, 5) is 14.5. The highest BCUT2D eigenvalue weighted by Gasteiger charge is 2.23. The molecule has 0 saturated carbocycles. The average molecular weight is 396 g/mol. The topological polar surface area (TPSA) is 79.4 Å². The van der Waals surface area contributed by atoms with Gasteiger partial charge < -0.3 is 20.3 Å². The van der Waals surface area contributed by atoms with E-state index in [1.165, 1.54) is 24.1 Å². The fraction of sp³-hybridized carbons (Fsp3) is 0.500. The van der Waals surface area contributed by atoms with Crippen molar-refractivity contribution >= 4 is 11.8 Å². The van der Waals surface area contributed by atoms with E-state index in [9.17, 15) is 4.79 Å². The van der Waals surface area contributed by atoms with Gasteiger partial charge >= 0.3 is 6.03 Å². The standard InChI is InChI=1S/C22H29N5O2/c1-29-19-7-4-5-16(13-19)15-23-22(28)24-18-9-11-27(12-10-18)21-14-17-6-2-3-8-20(17)25-26-21/h4-5,7,13-14,18H,2-3,6,8-12,15H2,1H3,(H2,23,24,28). The van der Waals surface area contributed by atoms with Gasteiger partial charge in [0.1, 0.15) is 5.75 Å². The van der Waals surface area contributed by atoms with Crippen LogP contribution >= 0.6 is 0 Å². The number of ether oxygens (including phenoxy) is 1. The average Bonchev–Trinajstić information content (AvgIpc) is 2.78. The third-order valence-electron chi connectivity index (χ3n) is 5.80.